The second kappa shape index (κ2) is 8.63. The Morgan fingerprint density at radius 3 is 2.53 bits per heavy atom. The van der Waals surface area contributed by atoms with E-state index in [1.54, 1.807) is 12.3 Å². The third-order valence-corrected chi connectivity index (χ3v) is 5.89. The molecule has 6 heteroatoms. The van der Waals surface area contributed by atoms with Gasteiger partial charge in [-0.05, 0) is 42.7 Å². The molecule has 1 heterocycles. The SMILES string of the molecule is O=C(Nc1ccc2ncccc2c1)[C@H](CO)NC(=O)C1(c2ccccc2)CCCC1. The van der Waals surface area contributed by atoms with Crippen molar-refractivity contribution in [1.29, 1.82) is 0 Å². The minimum Gasteiger partial charge on any atom is -0.394 e. The van der Waals surface area contributed by atoms with E-state index in [0.717, 1.165) is 42.1 Å². The van der Waals surface area contributed by atoms with Crippen LogP contribution in [-0.4, -0.2) is 34.6 Å². The summed E-state index contributed by atoms with van der Waals surface area (Å²) in [4.78, 5) is 30.3. The fourth-order valence-corrected chi connectivity index (χ4v) is 4.26. The number of hydrogen-bond acceptors (Lipinski definition) is 4. The van der Waals surface area contributed by atoms with Crippen LogP contribution in [0.4, 0.5) is 5.69 Å². The fourth-order valence-electron chi connectivity index (χ4n) is 4.26. The van der Waals surface area contributed by atoms with E-state index >= 15 is 0 Å². The van der Waals surface area contributed by atoms with Gasteiger partial charge < -0.3 is 15.7 Å². The third-order valence-electron chi connectivity index (χ3n) is 5.89. The van der Waals surface area contributed by atoms with Gasteiger partial charge in [0.15, 0.2) is 0 Å². The molecule has 3 aromatic rings. The maximum atomic E-state index is 13.3. The number of carbonyl (C=O) groups excluding carboxylic acids is 2. The summed E-state index contributed by atoms with van der Waals surface area (Å²) in [6.45, 7) is -0.475. The normalized spacial score (nSPS) is 16.2. The van der Waals surface area contributed by atoms with Crippen LogP contribution in [0.2, 0.25) is 0 Å². The van der Waals surface area contributed by atoms with Crippen molar-refractivity contribution in [2.24, 2.45) is 0 Å². The Hall–Kier alpha value is -3.25. The van der Waals surface area contributed by atoms with Crippen LogP contribution in [-0.2, 0) is 15.0 Å². The minimum atomic E-state index is -1.02. The van der Waals surface area contributed by atoms with Crippen molar-refractivity contribution < 1.29 is 14.7 Å². The number of nitrogens with zero attached hydrogens (tertiary/aromatic N) is 1. The van der Waals surface area contributed by atoms with E-state index in [1.165, 1.54) is 0 Å². The number of amides is 2. The lowest BCUT2D eigenvalue weighted by Gasteiger charge is -2.30. The summed E-state index contributed by atoms with van der Waals surface area (Å²) in [7, 11) is 0. The van der Waals surface area contributed by atoms with Crippen molar-refractivity contribution in [1.82, 2.24) is 10.3 Å². The molecule has 0 aliphatic heterocycles. The monoisotopic (exact) mass is 403 g/mol. The van der Waals surface area contributed by atoms with E-state index in [9.17, 15) is 14.7 Å². The molecule has 0 saturated heterocycles. The highest BCUT2D eigenvalue weighted by molar-refractivity contribution is 6.00. The second-order valence-electron chi connectivity index (χ2n) is 7.76. The number of hydrogen-bond donors (Lipinski definition) is 3. The Kier molecular flexibility index (Phi) is 5.77. The molecule has 0 unspecified atom stereocenters. The molecule has 30 heavy (non-hydrogen) atoms. The van der Waals surface area contributed by atoms with Gasteiger partial charge in [0.25, 0.3) is 0 Å². The van der Waals surface area contributed by atoms with Crippen LogP contribution >= 0.6 is 0 Å². The zero-order valence-corrected chi connectivity index (χ0v) is 16.7. The van der Waals surface area contributed by atoms with Crippen LogP contribution in [0.1, 0.15) is 31.2 Å². The maximum Gasteiger partial charge on any atom is 0.249 e. The predicted molar refractivity (Wildman–Crippen MR) is 116 cm³/mol. The van der Waals surface area contributed by atoms with E-state index in [1.807, 2.05) is 54.6 Å². The van der Waals surface area contributed by atoms with E-state index in [4.69, 9.17) is 0 Å². The molecule has 0 radical (unpaired) electrons. The zero-order valence-electron chi connectivity index (χ0n) is 16.7. The first-order chi connectivity index (χ1) is 14.6. The molecule has 6 nitrogen and oxygen atoms in total. The highest BCUT2D eigenvalue weighted by Crippen LogP contribution is 2.41. The number of rotatable bonds is 6. The van der Waals surface area contributed by atoms with Crippen LogP contribution < -0.4 is 10.6 Å². The molecule has 1 atom stereocenters. The van der Waals surface area contributed by atoms with E-state index in [-0.39, 0.29) is 5.91 Å². The van der Waals surface area contributed by atoms with Gasteiger partial charge in [-0.25, -0.2) is 0 Å². The number of aliphatic hydroxyl groups is 1. The average Bonchev–Trinajstić information content (AvgIpc) is 3.29. The molecule has 1 aromatic heterocycles. The summed E-state index contributed by atoms with van der Waals surface area (Å²) in [5.41, 5.74) is 1.73. The molecule has 1 saturated carbocycles. The molecular formula is C24H25N3O3. The summed E-state index contributed by atoms with van der Waals surface area (Å²) >= 11 is 0. The molecule has 154 valence electrons. The molecule has 0 spiro atoms. The molecule has 0 bridgehead atoms. The highest BCUT2D eigenvalue weighted by Gasteiger charge is 2.43. The summed E-state index contributed by atoms with van der Waals surface area (Å²) in [5.74, 6) is -0.654. The first-order valence-corrected chi connectivity index (χ1v) is 10.3. The summed E-state index contributed by atoms with van der Waals surface area (Å²) in [6, 6.07) is 17.8. The maximum absolute atomic E-state index is 13.3. The van der Waals surface area contributed by atoms with Crippen LogP contribution in [0, 0.1) is 0 Å². The second-order valence-corrected chi connectivity index (χ2v) is 7.76. The first-order valence-electron chi connectivity index (χ1n) is 10.3. The predicted octanol–water partition coefficient (Wildman–Crippen LogP) is 3.16. The van der Waals surface area contributed by atoms with Crippen molar-refractivity contribution in [3.63, 3.8) is 0 Å². The Balaban J connectivity index is 1.50. The van der Waals surface area contributed by atoms with Gasteiger partial charge in [0, 0.05) is 17.3 Å². The number of pyridine rings is 1. The summed E-state index contributed by atoms with van der Waals surface area (Å²) < 4.78 is 0. The lowest BCUT2D eigenvalue weighted by Crippen LogP contribution is -2.52. The van der Waals surface area contributed by atoms with Crippen molar-refractivity contribution in [3.05, 3.63) is 72.4 Å². The number of aliphatic hydroxyl groups excluding tert-OH is 1. The van der Waals surface area contributed by atoms with Gasteiger partial charge in [-0.3, -0.25) is 14.6 Å². The lowest BCUT2D eigenvalue weighted by atomic mass is 9.78. The summed E-state index contributed by atoms with van der Waals surface area (Å²) in [6.07, 6.45) is 5.11. The third kappa shape index (κ3) is 3.91. The van der Waals surface area contributed by atoms with Gasteiger partial charge in [0.1, 0.15) is 6.04 Å². The first kappa shape index (κ1) is 20.0. The number of nitrogens with one attached hydrogen (secondary N) is 2. The summed E-state index contributed by atoms with van der Waals surface area (Å²) in [5, 5.41) is 16.3. The number of carbonyl (C=O) groups is 2. The highest BCUT2D eigenvalue weighted by atomic mass is 16.3. The fraction of sp³-hybridized carbons (Fsp3) is 0.292. The molecule has 2 amide bonds. The Morgan fingerprint density at radius 2 is 1.80 bits per heavy atom. The van der Waals surface area contributed by atoms with Gasteiger partial charge in [0.05, 0.1) is 17.5 Å². The van der Waals surface area contributed by atoms with Crippen LogP contribution in [0.3, 0.4) is 0 Å². The molecule has 1 aliphatic carbocycles. The number of anilines is 1. The van der Waals surface area contributed by atoms with Gasteiger partial charge in [-0.15, -0.1) is 0 Å². The van der Waals surface area contributed by atoms with E-state index in [2.05, 4.69) is 15.6 Å². The topological polar surface area (TPSA) is 91.3 Å². The average molecular weight is 403 g/mol. The lowest BCUT2D eigenvalue weighted by molar-refractivity contribution is -0.131. The molecule has 3 N–H and O–H groups in total. The van der Waals surface area contributed by atoms with Gasteiger partial charge in [-0.2, -0.15) is 0 Å². The molecule has 1 aliphatic rings. The van der Waals surface area contributed by atoms with Crippen molar-refractivity contribution in [2.45, 2.75) is 37.1 Å². The quantitative estimate of drug-likeness (QED) is 0.590. The smallest absolute Gasteiger partial charge is 0.249 e. The van der Waals surface area contributed by atoms with Crippen molar-refractivity contribution in [2.75, 3.05) is 11.9 Å². The Morgan fingerprint density at radius 1 is 1.03 bits per heavy atom. The van der Waals surface area contributed by atoms with Gasteiger partial charge >= 0.3 is 0 Å². The molecular weight excluding hydrogens is 378 g/mol. The largest absolute Gasteiger partial charge is 0.394 e. The van der Waals surface area contributed by atoms with Gasteiger partial charge in [-0.1, -0.05) is 49.2 Å². The number of benzene rings is 2. The Bertz CT molecular complexity index is 1050. The van der Waals surface area contributed by atoms with Crippen LogP contribution in [0.25, 0.3) is 10.9 Å². The van der Waals surface area contributed by atoms with E-state index in [0.29, 0.717) is 5.69 Å². The molecule has 2 aromatic carbocycles. The van der Waals surface area contributed by atoms with E-state index < -0.39 is 24.0 Å². The van der Waals surface area contributed by atoms with Gasteiger partial charge in [0.2, 0.25) is 11.8 Å². The van der Waals surface area contributed by atoms with Crippen LogP contribution in [0.5, 0.6) is 0 Å². The van der Waals surface area contributed by atoms with Crippen molar-refractivity contribution >= 4 is 28.4 Å². The Labute approximate surface area is 175 Å². The van der Waals surface area contributed by atoms with Crippen LogP contribution in [0.15, 0.2) is 66.9 Å². The zero-order chi connectivity index (χ0) is 21.0. The number of fused-ring (bicyclic) bond motifs is 1. The van der Waals surface area contributed by atoms with Crippen molar-refractivity contribution in [3.8, 4) is 0 Å². The number of aromatic nitrogens is 1. The standard InChI is InChI=1S/C24H25N3O3/c28-16-21(22(29)26-19-10-11-20-17(15-19)7-6-14-25-20)27-23(30)24(12-4-5-13-24)18-8-2-1-3-9-18/h1-3,6-11,14-15,21,28H,4-5,12-13,16H2,(H,26,29)(H,27,30)/t21-/m0/s1. The molecule has 4 rings (SSSR count). The molecule has 1 fully saturated rings. The minimum absolute atomic E-state index is 0.205.